The lowest BCUT2D eigenvalue weighted by Crippen LogP contribution is -2.14. The van der Waals surface area contributed by atoms with E-state index in [2.05, 4.69) is 38.6 Å². The molecule has 1 aromatic carbocycles. The Balaban J connectivity index is 1.57. The molecule has 0 aliphatic carbocycles. The Morgan fingerprint density at radius 1 is 1.12 bits per heavy atom. The SMILES string of the molecule is CCCc1nnc(N[C@@H](Cc2ccc(NS(=O)(=O)O)cc2)c2csc(-c3cccs3)n2)s1. The minimum atomic E-state index is -4.30. The molecular formula is C20H21N5O3S4. The Hall–Kier alpha value is -2.38. The summed E-state index contributed by atoms with van der Waals surface area (Å²) in [7, 11) is -4.30. The van der Waals surface area contributed by atoms with Crippen LogP contribution in [0.5, 0.6) is 0 Å². The van der Waals surface area contributed by atoms with Crippen molar-refractivity contribution in [3.05, 3.63) is 63.4 Å². The smallest absolute Gasteiger partial charge is 0.351 e. The number of thiazole rings is 1. The summed E-state index contributed by atoms with van der Waals surface area (Å²) in [5, 5.41) is 18.8. The summed E-state index contributed by atoms with van der Waals surface area (Å²) in [5.41, 5.74) is 2.18. The summed E-state index contributed by atoms with van der Waals surface area (Å²) in [6.45, 7) is 2.11. The third kappa shape index (κ3) is 6.11. The largest absolute Gasteiger partial charge is 0.357 e. The molecule has 0 radical (unpaired) electrons. The van der Waals surface area contributed by atoms with Crippen LogP contribution in [-0.2, 0) is 23.1 Å². The average molecular weight is 508 g/mol. The first-order chi connectivity index (χ1) is 15.4. The Morgan fingerprint density at radius 2 is 1.94 bits per heavy atom. The molecule has 0 saturated heterocycles. The van der Waals surface area contributed by atoms with E-state index in [1.54, 1.807) is 46.1 Å². The maximum Gasteiger partial charge on any atom is 0.357 e. The first-order valence-corrected chi connectivity index (χ1v) is 13.8. The van der Waals surface area contributed by atoms with Crippen LogP contribution in [0.4, 0.5) is 10.8 Å². The van der Waals surface area contributed by atoms with E-state index in [1.807, 2.05) is 23.6 Å². The summed E-state index contributed by atoms with van der Waals surface area (Å²) < 4.78 is 33.0. The van der Waals surface area contributed by atoms with Crippen LogP contribution in [-0.4, -0.2) is 28.2 Å². The van der Waals surface area contributed by atoms with Crippen molar-refractivity contribution in [1.82, 2.24) is 15.2 Å². The molecule has 32 heavy (non-hydrogen) atoms. The van der Waals surface area contributed by atoms with Gasteiger partial charge in [-0.1, -0.05) is 36.5 Å². The molecule has 4 aromatic rings. The minimum Gasteiger partial charge on any atom is -0.351 e. The molecule has 4 rings (SSSR count). The first kappa shape index (κ1) is 22.8. The van der Waals surface area contributed by atoms with Crippen LogP contribution in [0.25, 0.3) is 9.88 Å². The zero-order valence-corrected chi connectivity index (χ0v) is 20.3. The highest BCUT2D eigenvalue weighted by Crippen LogP contribution is 2.32. The van der Waals surface area contributed by atoms with Gasteiger partial charge in [-0.3, -0.25) is 9.27 Å². The van der Waals surface area contributed by atoms with Crippen LogP contribution in [0.3, 0.4) is 0 Å². The Morgan fingerprint density at radius 3 is 2.62 bits per heavy atom. The topological polar surface area (TPSA) is 117 Å². The van der Waals surface area contributed by atoms with Gasteiger partial charge in [-0.15, -0.1) is 32.9 Å². The van der Waals surface area contributed by atoms with E-state index in [0.717, 1.165) is 44.1 Å². The molecule has 0 bridgehead atoms. The van der Waals surface area contributed by atoms with E-state index in [0.29, 0.717) is 12.1 Å². The predicted molar refractivity (Wildman–Crippen MR) is 131 cm³/mol. The summed E-state index contributed by atoms with van der Waals surface area (Å²) in [5.74, 6) is 0. The van der Waals surface area contributed by atoms with E-state index in [-0.39, 0.29) is 6.04 Å². The lowest BCUT2D eigenvalue weighted by atomic mass is 10.0. The van der Waals surface area contributed by atoms with E-state index in [1.165, 1.54) is 0 Å². The van der Waals surface area contributed by atoms with Crippen molar-refractivity contribution >= 4 is 55.1 Å². The standard InChI is InChI=1S/C20H21N5O3S4/c1-2-4-18-23-24-20(31-18)22-15(16-12-30-19(21-16)17-5-3-10-29-17)11-13-6-8-14(9-7-13)25-32(26,27)28/h3,5-10,12,15,25H,2,4,11H2,1H3,(H,22,24)(H,26,27,28)/t15-/m0/s1. The van der Waals surface area contributed by atoms with Gasteiger partial charge in [0.2, 0.25) is 5.13 Å². The molecule has 0 amide bonds. The fourth-order valence-corrected chi connectivity index (χ4v) is 6.07. The highest BCUT2D eigenvalue weighted by atomic mass is 32.2. The van der Waals surface area contributed by atoms with E-state index >= 15 is 0 Å². The third-order valence-corrected chi connectivity index (χ3v) is 7.79. The number of nitrogens with one attached hydrogen (secondary N) is 2. The van der Waals surface area contributed by atoms with Crippen LogP contribution in [0.1, 0.15) is 35.7 Å². The second-order valence-electron chi connectivity index (χ2n) is 6.98. The molecule has 0 saturated carbocycles. The maximum atomic E-state index is 11.0. The first-order valence-electron chi connectivity index (χ1n) is 9.82. The minimum absolute atomic E-state index is 0.136. The fraction of sp³-hybridized carbons (Fsp3) is 0.250. The van der Waals surface area contributed by atoms with E-state index in [9.17, 15) is 8.42 Å². The van der Waals surface area contributed by atoms with Crippen molar-refractivity contribution in [2.24, 2.45) is 0 Å². The third-order valence-electron chi connectivity index (χ3n) is 4.48. The van der Waals surface area contributed by atoms with Crippen molar-refractivity contribution in [3.8, 4) is 9.88 Å². The summed E-state index contributed by atoms with van der Waals surface area (Å²) in [6.07, 6.45) is 2.52. The average Bonchev–Trinajstić information content (AvgIpc) is 3.50. The molecule has 8 nitrogen and oxygen atoms in total. The van der Waals surface area contributed by atoms with E-state index in [4.69, 9.17) is 9.54 Å². The van der Waals surface area contributed by atoms with Crippen molar-refractivity contribution in [3.63, 3.8) is 0 Å². The van der Waals surface area contributed by atoms with Crippen LogP contribution in [0.2, 0.25) is 0 Å². The molecule has 3 heterocycles. The summed E-state index contributed by atoms with van der Waals surface area (Å²) in [6, 6.07) is 10.8. The van der Waals surface area contributed by atoms with Crippen molar-refractivity contribution < 1.29 is 13.0 Å². The lowest BCUT2D eigenvalue weighted by Gasteiger charge is -2.16. The van der Waals surface area contributed by atoms with Crippen molar-refractivity contribution in [2.45, 2.75) is 32.2 Å². The van der Waals surface area contributed by atoms with Crippen LogP contribution in [0.15, 0.2) is 47.2 Å². The van der Waals surface area contributed by atoms with Gasteiger partial charge in [0, 0.05) is 11.8 Å². The lowest BCUT2D eigenvalue weighted by molar-refractivity contribution is 0.489. The number of aryl methyl sites for hydroxylation is 1. The molecule has 1 atom stereocenters. The fourth-order valence-electron chi connectivity index (χ4n) is 3.06. The molecule has 0 unspecified atom stereocenters. The van der Waals surface area contributed by atoms with Crippen molar-refractivity contribution in [1.29, 1.82) is 0 Å². The van der Waals surface area contributed by atoms with Gasteiger partial charge in [-0.25, -0.2) is 4.98 Å². The Labute approximate surface area is 198 Å². The quantitative estimate of drug-likeness (QED) is 0.250. The molecule has 0 spiro atoms. The van der Waals surface area contributed by atoms with Crippen LogP contribution >= 0.6 is 34.0 Å². The van der Waals surface area contributed by atoms with Crippen molar-refractivity contribution in [2.75, 3.05) is 10.0 Å². The number of hydrogen-bond donors (Lipinski definition) is 3. The van der Waals surface area contributed by atoms with Gasteiger partial charge >= 0.3 is 10.3 Å². The number of rotatable bonds is 10. The maximum absolute atomic E-state index is 11.0. The Bertz CT molecular complexity index is 1250. The number of hydrogen-bond acceptors (Lipinski definition) is 9. The second-order valence-corrected chi connectivity index (χ2v) is 11.0. The molecular weight excluding hydrogens is 487 g/mol. The van der Waals surface area contributed by atoms with Gasteiger partial charge in [-0.2, -0.15) is 8.42 Å². The number of benzene rings is 1. The van der Waals surface area contributed by atoms with E-state index < -0.39 is 10.3 Å². The molecule has 12 heteroatoms. The zero-order valence-electron chi connectivity index (χ0n) is 17.1. The molecule has 0 aliphatic rings. The van der Waals surface area contributed by atoms with Gasteiger partial charge in [0.25, 0.3) is 0 Å². The van der Waals surface area contributed by atoms with Gasteiger partial charge < -0.3 is 5.32 Å². The predicted octanol–water partition coefficient (Wildman–Crippen LogP) is 5.29. The summed E-state index contributed by atoms with van der Waals surface area (Å²) >= 11 is 4.80. The zero-order chi connectivity index (χ0) is 22.6. The van der Waals surface area contributed by atoms with Crippen LogP contribution < -0.4 is 10.0 Å². The monoisotopic (exact) mass is 507 g/mol. The number of aromatic nitrogens is 3. The van der Waals surface area contributed by atoms with Gasteiger partial charge in [0.05, 0.1) is 22.3 Å². The van der Waals surface area contributed by atoms with Crippen LogP contribution in [0, 0.1) is 0 Å². The Kier molecular flexibility index (Phi) is 7.16. The van der Waals surface area contributed by atoms with Gasteiger partial charge in [-0.05, 0) is 42.0 Å². The molecule has 168 valence electrons. The van der Waals surface area contributed by atoms with Gasteiger partial charge in [0.1, 0.15) is 10.0 Å². The molecule has 3 N–H and O–H groups in total. The normalized spacial score (nSPS) is 12.6. The highest BCUT2D eigenvalue weighted by molar-refractivity contribution is 7.87. The number of anilines is 2. The molecule has 0 aliphatic heterocycles. The second kappa shape index (κ2) is 10.0. The molecule has 0 fully saturated rings. The summed E-state index contributed by atoms with van der Waals surface area (Å²) in [4.78, 5) is 5.98. The van der Waals surface area contributed by atoms with Gasteiger partial charge in [0.15, 0.2) is 0 Å². The highest BCUT2D eigenvalue weighted by Gasteiger charge is 2.19. The molecule has 3 aromatic heterocycles. The number of nitrogens with zero attached hydrogens (tertiary/aromatic N) is 3. The number of thiophene rings is 1.